The molecule has 0 aliphatic rings. The zero-order valence-corrected chi connectivity index (χ0v) is 12.4. The Kier molecular flexibility index (Phi) is 5.76. The molecule has 1 unspecified atom stereocenters. The number of carbonyl (C=O) groups is 2. The molecule has 1 rings (SSSR count). The minimum absolute atomic E-state index is 0.325. The number of carbonyl (C=O) groups excluding carboxylic acids is 1. The molecule has 102 valence electrons. The predicted molar refractivity (Wildman–Crippen MR) is 77.7 cm³/mol. The molecule has 0 radical (unpaired) electrons. The van der Waals surface area contributed by atoms with Crippen molar-refractivity contribution in [3.8, 4) is 0 Å². The summed E-state index contributed by atoms with van der Waals surface area (Å²) in [4.78, 5) is 24.1. The van der Waals surface area contributed by atoms with Gasteiger partial charge >= 0.3 is 5.97 Å². The fraction of sp³-hybridized carbons (Fsp3) is 0.286. The lowest BCUT2D eigenvalue weighted by Crippen LogP contribution is -2.41. The number of nitrogens with zero attached hydrogens (tertiary/aromatic N) is 1. The number of halogens is 1. The van der Waals surface area contributed by atoms with Crippen molar-refractivity contribution >= 4 is 33.9 Å². The van der Waals surface area contributed by atoms with Crippen LogP contribution in [0, 0.1) is 0 Å². The van der Waals surface area contributed by atoms with E-state index < -0.39 is 12.0 Å². The van der Waals surface area contributed by atoms with E-state index in [9.17, 15) is 9.59 Å². The largest absolute Gasteiger partial charge is 0.480 e. The van der Waals surface area contributed by atoms with Gasteiger partial charge in [-0.15, -0.1) is 0 Å². The van der Waals surface area contributed by atoms with E-state index in [2.05, 4.69) is 15.9 Å². The molecule has 0 saturated carbocycles. The van der Waals surface area contributed by atoms with Crippen LogP contribution in [0.5, 0.6) is 0 Å². The number of hydrogen-bond donors (Lipinski definition) is 1. The van der Waals surface area contributed by atoms with Gasteiger partial charge in [0.05, 0.1) is 0 Å². The summed E-state index contributed by atoms with van der Waals surface area (Å²) in [5.74, 6) is -1.32. The van der Waals surface area contributed by atoms with Gasteiger partial charge in [0.15, 0.2) is 0 Å². The van der Waals surface area contributed by atoms with Crippen LogP contribution in [0.1, 0.15) is 18.9 Å². The number of likely N-dealkylation sites (N-methyl/N-ethyl adjacent to an activating group) is 1. The van der Waals surface area contributed by atoms with Gasteiger partial charge in [0, 0.05) is 17.6 Å². The zero-order valence-electron chi connectivity index (χ0n) is 10.8. The molecule has 1 N–H and O–H groups in total. The Morgan fingerprint density at radius 2 is 2.16 bits per heavy atom. The summed E-state index contributed by atoms with van der Waals surface area (Å²) in [6.07, 6.45) is 3.42. The van der Waals surface area contributed by atoms with Crippen molar-refractivity contribution in [2.24, 2.45) is 0 Å². The van der Waals surface area contributed by atoms with Crippen molar-refractivity contribution in [1.82, 2.24) is 4.90 Å². The molecule has 19 heavy (non-hydrogen) atoms. The minimum atomic E-state index is -0.991. The van der Waals surface area contributed by atoms with Crippen LogP contribution in [-0.4, -0.2) is 35.0 Å². The topological polar surface area (TPSA) is 57.6 Å². The Bertz CT molecular complexity index is 499. The first-order valence-electron chi connectivity index (χ1n) is 5.89. The number of hydrogen-bond acceptors (Lipinski definition) is 2. The fourth-order valence-electron chi connectivity index (χ4n) is 1.66. The van der Waals surface area contributed by atoms with Crippen molar-refractivity contribution in [2.45, 2.75) is 19.4 Å². The predicted octanol–water partition coefficient (Wildman–Crippen LogP) is 2.78. The summed E-state index contributed by atoms with van der Waals surface area (Å²) in [6, 6.07) is 6.70. The third-order valence-electron chi connectivity index (χ3n) is 2.75. The second-order valence-electron chi connectivity index (χ2n) is 4.10. The molecule has 0 aliphatic carbocycles. The summed E-state index contributed by atoms with van der Waals surface area (Å²) >= 11 is 3.34. The standard InChI is InChI=1S/C14H16BrNO3/c1-3-12(14(18)19)16(2)13(17)8-7-10-5-4-6-11(15)9-10/h4-9,12H,3H2,1-2H3,(H,18,19). The van der Waals surface area contributed by atoms with E-state index in [-0.39, 0.29) is 5.91 Å². The molecule has 0 aromatic heterocycles. The first-order chi connectivity index (χ1) is 8.95. The summed E-state index contributed by atoms with van der Waals surface area (Å²) in [6.45, 7) is 1.74. The molecule has 0 aliphatic heterocycles. The molecule has 4 nitrogen and oxygen atoms in total. The van der Waals surface area contributed by atoms with Crippen LogP contribution in [0.2, 0.25) is 0 Å². The maximum absolute atomic E-state index is 11.9. The highest BCUT2D eigenvalue weighted by atomic mass is 79.9. The molecule has 5 heteroatoms. The molecule has 0 fully saturated rings. The van der Waals surface area contributed by atoms with E-state index in [0.29, 0.717) is 6.42 Å². The smallest absolute Gasteiger partial charge is 0.326 e. The summed E-state index contributed by atoms with van der Waals surface area (Å²) in [5, 5.41) is 8.99. The Hall–Kier alpha value is -1.62. The van der Waals surface area contributed by atoms with Crippen LogP contribution in [0.25, 0.3) is 6.08 Å². The number of carboxylic acids is 1. The van der Waals surface area contributed by atoms with Crippen LogP contribution < -0.4 is 0 Å². The van der Waals surface area contributed by atoms with Gasteiger partial charge in [-0.25, -0.2) is 4.79 Å². The number of amides is 1. The molecule has 1 aromatic rings. The number of rotatable bonds is 5. The Balaban J connectivity index is 2.76. The highest BCUT2D eigenvalue weighted by molar-refractivity contribution is 9.10. The van der Waals surface area contributed by atoms with Gasteiger partial charge < -0.3 is 10.0 Å². The maximum Gasteiger partial charge on any atom is 0.326 e. The van der Waals surface area contributed by atoms with E-state index in [0.717, 1.165) is 10.0 Å². The van der Waals surface area contributed by atoms with Crippen LogP contribution in [0.15, 0.2) is 34.8 Å². The summed E-state index contributed by atoms with van der Waals surface area (Å²) in [7, 11) is 1.50. The van der Waals surface area contributed by atoms with E-state index in [1.165, 1.54) is 18.0 Å². The molecular weight excluding hydrogens is 310 g/mol. The zero-order chi connectivity index (χ0) is 14.4. The van der Waals surface area contributed by atoms with Crippen LogP contribution in [0.4, 0.5) is 0 Å². The molecule has 0 bridgehead atoms. The van der Waals surface area contributed by atoms with Gasteiger partial charge in [-0.3, -0.25) is 4.79 Å². The van der Waals surface area contributed by atoms with Crippen molar-refractivity contribution in [3.05, 3.63) is 40.4 Å². The molecule has 0 spiro atoms. The quantitative estimate of drug-likeness (QED) is 0.847. The van der Waals surface area contributed by atoms with E-state index in [4.69, 9.17) is 5.11 Å². The van der Waals surface area contributed by atoms with Crippen molar-refractivity contribution in [2.75, 3.05) is 7.05 Å². The number of aliphatic carboxylic acids is 1. The molecule has 1 atom stereocenters. The first-order valence-corrected chi connectivity index (χ1v) is 6.68. The highest BCUT2D eigenvalue weighted by Crippen LogP contribution is 2.13. The van der Waals surface area contributed by atoms with Gasteiger partial charge in [0.1, 0.15) is 6.04 Å². The van der Waals surface area contributed by atoms with Crippen LogP contribution in [-0.2, 0) is 9.59 Å². The van der Waals surface area contributed by atoms with Crippen LogP contribution in [0.3, 0.4) is 0 Å². The van der Waals surface area contributed by atoms with Gasteiger partial charge in [-0.05, 0) is 30.2 Å². The van der Waals surface area contributed by atoms with Gasteiger partial charge in [-0.1, -0.05) is 35.0 Å². The molecule has 0 heterocycles. The highest BCUT2D eigenvalue weighted by Gasteiger charge is 2.22. The summed E-state index contributed by atoms with van der Waals surface area (Å²) in [5.41, 5.74) is 0.875. The summed E-state index contributed by atoms with van der Waals surface area (Å²) < 4.78 is 0.924. The van der Waals surface area contributed by atoms with Gasteiger partial charge in [0.2, 0.25) is 5.91 Å². The first kappa shape index (κ1) is 15.4. The van der Waals surface area contributed by atoms with Gasteiger partial charge in [0.25, 0.3) is 0 Å². The lowest BCUT2D eigenvalue weighted by Gasteiger charge is -2.22. The Morgan fingerprint density at radius 3 is 2.68 bits per heavy atom. The van der Waals surface area contributed by atoms with Crippen LogP contribution >= 0.6 is 15.9 Å². The molecule has 0 saturated heterocycles. The van der Waals surface area contributed by atoms with E-state index >= 15 is 0 Å². The van der Waals surface area contributed by atoms with Crippen molar-refractivity contribution in [3.63, 3.8) is 0 Å². The average Bonchev–Trinajstić information content (AvgIpc) is 2.36. The van der Waals surface area contributed by atoms with E-state index in [1.807, 2.05) is 24.3 Å². The van der Waals surface area contributed by atoms with E-state index in [1.54, 1.807) is 13.0 Å². The fourth-order valence-corrected chi connectivity index (χ4v) is 2.08. The third-order valence-corrected chi connectivity index (χ3v) is 3.25. The van der Waals surface area contributed by atoms with Crippen molar-refractivity contribution < 1.29 is 14.7 Å². The molecule has 1 aromatic carbocycles. The normalized spacial score (nSPS) is 12.4. The van der Waals surface area contributed by atoms with Gasteiger partial charge in [-0.2, -0.15) is 0 Å². The monoisotopic (exact) mass is 325 g/mol. The maximum atomic E-state index is 11.9. The molecule has 1 amide bonds. The van der Waals surface area contributed by atoms with Crippen molar-refractivity contribution in [1.29, 1.82) is 0 Å². The Morgan fingerprint density at radius 1 is 1.47 bits per heavy atom. The lowest BCUT2D eigenvalue weighted by molar-refractivity contribution is -0.147. The number of carboxylic acid groups (broad SMARTS) is 1. The average molecular weight is 326 g/mol. The third kappa shape index (κ3) is 4.52. The lowest BCUT2D eigenvalue weighted by atomic mass is 10.2. The molecular formula is C14H16BrNO3. The SMILES string of the molecule is CCC(C(=O)O)N(C)C(=O)C=Cc1cccc(Br)c1. The Labute approximate surface area is 120 Å². The number of benzene rings is 1. The second kappa shape index (κ2) is 7.09. The second-order valence-corrected chi connectivity index (χ2v) is 5.02. The minimum Gasteiger partial charge on any atom is -0.480 e.